The number of ether oxygens (including phenoxy) is 1. The van der Waals surface area contributed by atoms with Gasteiger partial charge in [0.15, 0.2) is 5.11 Å². The van der Waals surface area contributed by atoms with E-state index in [9.17, 15) is 0 Å². The molecule has 1 aliphatic heterocycles. The number of hydrogen-bond donors (Lipinski definition) is 1. The molecule has 6 nitrogen and oxygen atoms in total. The van der Waals surface area contributed by atoms with E-state index < -0.39 is 0 Å². The molecule has 160 valence electrons. The van der Waals surface area contributed by atoms with Gasteiger partial charge in [0.1, 0.15) is 5.75 Å². The van der Waals surface area contributed by atoms with Crippen LogP contribution >= 0.6 is 12.2 Å². The Morgan fingerprint density at radius 3 is 2.50 bits per heavy atom. The minimum Gasteiger partial charge on any atom is -0.497 e. The van der Waals surface area contributed by atoms with Gasteiger partial charge in [-0.15, -0.1) is 0 Å². The molecule has 0 spiro atoms. The third kappa shape index (κ3) is 3.83. The lowest BCUT2D eigenvalue weighted by Gasteiger charge is -2.29. The van der Waals surface area contributed by atoms with Crippen molar-refractivity contribution in [2.45, 2.75) is 18.6 Å². The summed E-state index contributed by atoms with van der Waals surface area (Å²) in [5.74, 6) is 0.830. The summed E-state index contributed by atoms with van der Waals surface area (Å²) in [7, 11) is 1.68. The number of thiocarbonyl (C=S) groups is 1. The largest absolute Gasteiger partial charge is 0.497 e. The third-order valence-corrected chi connectivity index (χ3v) is 6.09. The molecule has 0 radical (unpaired) electrons. The molecule has 4 heterocycles. The molecule has 1 N–H and O–H groups in total. The monoisotopic (exact) mass is 441 g/mol. The second-order valence-corrected chi connectivity index (χ2v) is 8.00. The van der Waals surface area contributed by atoms with E-state index in [-0.39, 0.29) is 12.1 Å². The van der Waals surface area contributed by atoms with Gasteiger partial charge in [0.2, 0.25) is 0 Å². The summed E-state index contributed by atoms with van der Waals surface area (Å²) < 4.78 is 7.53. The lowest BCUT2D eigenvalue weighted by Crippen LogP contribution is -2.30. The number of nitrogens with zero attached hydrogens (tertiary/aromatic N) is 4. The zero-order valence-electron chi connectivity index (χ0n) is 17.6. The highest BCUT2D eigenvalue weighted by Crippen LogP contribution is 2.40. The third-order valence-electron chi connectivity index (χ3n) is 5.73. The number of rotatable bonds is 6. The van der Waals surface area contributed by atoms with E-state index in [1.54, 1.807) is 7.11 Å². The molecule has 0 bridgehead atoms. The molecule has 1 fully saturated rings. The van der Waals surface area contributed by atoms with Crippen LogP contribution in [0.5, 0.6) is 5.75 Å². The fourth-order valence-corrected chi connectivity index (χ4v) is 4.50. The molecule has 4 aromatic rings. The van der Waals surface area contributed by atoms with Gasteiger partial charge in [-0.25, -0.2) is 0 Å². The Bertz CT molecular complexity index is 1190. The Kier molecular flexibility index (Phi) is 5.56. The highest BCUT2D eigenvalue weighted by Gasteiger charge is 2.41. The maximum Gasteiger partial charge on any atom is 0.170 e. The van der Waals surface area contributed by atoms with Crippen LogP contribution in [0.4, 0.5) is 0 Å². The van der Waals surface area contributed by atoms with E-state index in [4.69, 9.17) is 17.0 Å². The van der Waals surface area contributed by atoms with Crippen LogP contribution in [0.3, 0.4) is 0 Å². The van der Waals surface area contributed by atoms with Gasteiger partial charge in [-0.2, -0.15) is 0 Å². The van der Waals surface area contributed by atoms with Gasteiger partial charge in [0, 0.05) is 42.7 Å². The van der Waals surface area contributed by atoms with Crippen LogP contribution in [0.2, 0.25) is 0 Å². The standard InChI is InChI=1S/C25H23N5OS/c1-31-20-9-7-19(8-10-20)29-16-4-6-22(29)24-23(21-5-2-3-13-27-21)28-25(32)30(24)17-18-11-14-26-15-12-18/h2-16,23-24H,17H2,1H3,(H,28,32)/t23-,24-/m0/s1. The predicted molar refractivity (Wildman–Crippen MR) is 128 cm³/mol. The van der Waals surface area contributed by atoms with Crippen molar-refractivity contribution in [3.8, 4) is 11.4 Å². The quantitative estimate of drug-likeness (QED) is 0.446. The number of hydrogen-bond acceptors (Lipinski definition) is 4. The van der Waals surface area contributed by atoms with Crippen molar-refractivity contribution >= 4 is 17.3 Å². The molecule has 32 heavy (non-hydrogen) atoms. The number of methoxy groups -OCH3 is 1. The van der Waals surface area contributed by atoms with Gasteiger partial charge < -0.3 is 19.5 Å². The Hall–Kier alpha value is -3.71. The average molecular weight is 442 g/mol. The van der Waals surface area contributed by atoms with Gasteiger partial charge in [-0.05, 0) is 78.4 Å². The highest BCUT2D eigenvalue weighted by atomic mass is 32.1. The van der Waals surface area contributed by atoms with Crippen molar-refractivity contribution in [3.63, 3.8) is 0 Å². The summed E-state index contributed by atoms with van der Waals surface area (Å²) in [6.45, 7) is 0.677. The Morgan fingerprint density at radius 2 is 1.78 bits per heavy atom. The minimum atomic E-state index is -0.0718. The molecule has 1 saturated heterocycles. The minimum absolute atomic E-state index is 0.0392. The number of aromatic nitrogens is 3. The molecule has 0 saturated carbocycles. The van der Waals surface area contributed by atoms with Gasteiger partial charge in [0.25, 0.3) is 0 Å². The summed E-state index contributed by atoms with van der Waals surface area (Å²) in [6, 6.07) is 22.2. The van der Waals surface area contributed by atoms with E-state index in [1.165, 1.54) is 0 Å². The van der Waals surface area contributed by atoms with Crippen LogP contribution in [-0.4, -0.2) is 31.7 Å². The second kappa shape index (κ2) is 8.80. The zero-order valence-corrected chi connectivity index (χ0v) is 18.4. The van der Waals surface area contributed by atoms with Crippen molar-refractivity contribution in [1.82, 2.24) is 24.8 Å². The lowest BCUT2D eigenvalue weighted by molar-refractivity contribution is 0.302. The van der Waals surface area contributed by atoms with Crippen LogP contribution in [0.15, 0.2) is 91.5 Å². The first-order chi connectivity index (χ1) is 15.7. The van der Waals surface area contributed by atoms with Crippen LogP contribution in [-0.2, 0) is 6.54 Å². The molecule has 7 heteroatoms. The Morgan fingerprint density at radius 1 is 0.969 bits per heavy atom. The van der Waals surface area contributed by atoms with Crippen LogP contribution < -0.4 is 10.1 Å². The fraction of sp³-hybridized carbons (Fsp3) is 0.160. The van der Waals surface area contributed by atoms with Crippen molar-refractivity contribution in [1.29, 1.82) is 0 Å². The van der Waals surface area contributed by atoms with Crippen molar-refractivity contribution in [3.05, 3.63) is 108 Å². The molecule has 1 aromatic carbocycles. The van der Waals surface area contributed by atoms with Crippen molar-refractivity contribution in [2.75, 3.05) is 7.11 Å². The van der Waals surface area contributed by atoms with Crippen molar-refractivity contribution < 1.29 is 4.74 Å². The smallest absolute Gasteiger partial charge is 0.170 e. The number of benzene rings is 1. The number of pyridine rings is 2. The molecule has 2 atom stereocenters. The summed E-state index contributed by atoms with van der Waals surface area (Å²) in [4.78, 5) is 11.0. The molecule has 3 aromatic heterocycles. The fourth-order valence-electron chi connectivity index (χ4n) is 4.20. The molecular weight excluding hydrogens is 418 g/mol. The first-order valence-electron chi connectivity index (χ1n) is 10.4. The van der Waals surface area contributed by atoms with Gasteiger partial charge >= 0.3 is 0 Å². The Balaban J connectivity index is 1.58. The molecule has 1 aliphatic rings. The summed E-state index contributed by atoms with van der Waals surface area (Å²) >= 11 is 5.81. The van der Waals surface area contributed by atoms with E-state index in [0.717, 1.165) is 28.4 Å². The summed E-state index contributed by atoms with van der Waals surface area (Å²) in [5, 5.41) is 4.23. The van der Waals surface area contributed by atoms with Crippen LogP contribution in [0.25, 0.3) is 5.69 Å². The van der Waals surface area contributed by atoms with E-state index >= 15 is 0 Å². The SMILES string of the molecule is COc1ccc(-n2cccc2[C@H]2[C@H](c3ccccn3)NC(=S)N2Cc2ccncc2)cc1. The first kappa shape index (κ1) is 20.2. The molecule has 0 aliphatic carbocycles. The maximum absolute atomic E-state index is 5.81. The molecule has 5 rings (SSSR count). The Labute approximate surface area is 192 Å². The van der Waals surface area contributed by atoms with Crippen LogP contribution in [0, 0.1) is 0 Å². The zero-order chi connectivity index (χ0) is 21.9. The summed E-state index contributed by atoms with van der Waals surface area (Å²) in [6.07, 6.45) is 7.53. The average Bonchev–Trinajstić information content (AvgIpc) is 3.45. The van der Waals surface area contributed by atoms with Crippen LogP contribution in [0.1, 0.15) is 29.0 Å². The molecule has 0 amide bonds. The number of nitrogens with one attached hydrogen (secondary N) is 1. The molecular formula is C25H23N5OS. The normalized spacial score (nSPS) is 17.9. The van der Waals surface area contributed by atoms with Gasteiger partial charge in [-0.3, -0.25) is 9.97 Å². The second-order valence-electron chi connectivity index (χ2n) is 7.61. The van der Waals surface area contributed by atoms with Gasteiger partial charge in [-0.1, -0.05) is 6.07 Å². The van der Waals surface area contributed by atoms with E-state index in [1.807, 2.05) is 61.1 Å². The predicted octanol–water partition coefficient (Wildman–Crippen LogP) is 4.45. The maximum atomic E-state index is 5.81. The van der Waals surface area contributed by atoms with E-state index in [0.29, 0.717) is 11.7 Å². The van der Waals surface area contributed by atoms with E-state index in [2.05, 4.69) is 55.2 Å². The van der Waals surface area contributed by atoms with Gasteiger partial charge in [0.05, 0.1) is 24.9 Å². The van der Waals surface area contributed by atoms with Crippen molar-refractivity contribution in [2.24, 2.45) is 0 Å². The molecule has 0 unspecified atom stereocenters. The topological polar surface area (TPSA) is 55.2 Å². The summed E-state index contributed by atoms with van der Waals surface area (Å²) in [5.41, 5.74) is 4.30. The highest BCUT2D eigenvalue weighted by molar-refractivity contribution is 7.80. The lowest BCUT2D eigenvalue weighted by atomic mass is 10.0. The first-order valence-corrected chi connectivity index (χ1v) is 10.8.